The summed E-state index contributed by atoms with van der Waals surface area (Å²) in [5.74, 6) is -0.455. The molecule has 0 bridgehead atoms. The van der Waals surface area contributed by atoms with Crippen molar-refractivity contribution in [2.45, 2.75) is 26.0 Å². The summed E-state index contributed by atoms with van der Waals surface area (Å²) in [5, 5.41) is 4.00. The summed E-state index contributed by atoms with van der Waals surface area (Å²) in [4.78, 5) is 29.2. The van der Waals surface area contributed by atoms with Gasteiger partial charge in [-0.15, -0.1) is 0 Å². The van der Waals surface area contributed by atoms with Crippen molar-refractivity contribution in [3.63, 3.8) is 0 Å². The molecule has 1 fully saturated rings. The average Bonchev–Trinajstić information content (AvgIpc) is 2.82. The second-order valence-electron chi connectivity index (χ2n) is 7.83. The largest absolute Gasteiger partial charge is 0.489 e. The fourth-order valence-corrected chi connectivity index (χ4v) is 3.92. The van der Waals surface area contributed by atoms with Gasteiger partial charge in [-0.3, -0.25) is 14.6 Å². The van der Waals surface area contributed by atoms with Crippen LogP contribution in [0, 0.1) is 12.8 Å². The number of carbonyl (C=O) groups excluding carboxylic acids is 2. The lowest BCUT2D eigenvalue weighted by Gasteiger charge is -2.30. The van der Waals surface area contributed by atoms with Gasteiger partial charge in [-0.2, -0.15) is 0 Å². The van der Waals surface area contributed by atoms with E-state index in [9.17, 15) is 9.59 Å². The Kier molecular flexibility index (Phi) is 6.66. The van der Waals surface area contributed by atoms with Gasteiger partial charge in [0.05, 0.1) is 19.2 Å². The number of methoxy groups -OCH3 is 1. The van der Waals surface area contributed by atoms with E-state index in [1.807, 2.05) is 37.3 Å². The van der Waals surface area contributed by atoms with Gasteiger partial charge in [0, 0.05) is 34.9 Å². The zero-order valence-electron chi connectivity index (χ0n) is 18.2. The highest BCUT2D eigenvalue weighted by Crippen LogP contribution is 2.22. The lowest BCUT2D eigenvalue weighted by Crippen LogP contribution is -2.48. The van der Waals surface area contributed by atoms with Crippen molar-refractivity contribution < 1.29 is 23.8 Å². The molecule has 0 saturated carbocycles. The molecular formula is C25H26N2O5. The monoisotopic (exact) mass is 434 g/mol. The molecule has 4 rings (SSSR count). The summed E-state index contributed by atoms with van der Waals surface area (Å²) < 4.78 is 16.2. The number of para-hydroxylation sites is 1. The Morgan fingerprint density at radius 2 is 1.94 bits per heavy atom. The molecule has 2 atom stereocenters. The fraction of sp³-hybridized carbons (Fsp3) is 0.320. The third-order valence-corrected chi connectivity index (χ3v) is 5.62. The molecule has 0 spiro atoms. The highest BCUT2D eigenvalue weighted by Gasteiger charge is 2.33. The summed E-state index contributed by atoms with van der Waals surface area (Å²) in [6, 6.07) is 16.7. The Bertz CT molecular complexity index is 1110. The Morgan fingerprint density at radius 1 is 1.16 bits per heavy atom. The Labute approximate surface area is 186 Å². The van der Waals surface area contributed by atoms with E-state index in [1.54, 1.807) is 24.3 Å². The zero-order chi connectivity index (χ0) is 22.5. The van der Waals surface area contributed by atoms with E-state index in [-0.39, 0.29) is 24.5 Å². The van der Waals surface area contributed by atoms with Crippen molar-refractivity contribution in [1.29, 1.82) is 0 Å². The quantitative estimate of drug-likeness (QED) is 0.598. The van der Waals surface area contributed by atoms with E-state index in [4.69, 9.17) is 14.2 Å². The minimum atomic E-state index is -0.501. The van der Waals surface area contributed by atoms with E-state index >= 15 is 0 Å². The number of ether oxygens (including phenoxy) is 3. The maximum Gasteiger partial charge on any atom is 0.313 e. The third kappa shape index (κ3) is 4.89. The topological polar surface area (TPSA) is 86.8 Å². The highest BCUT2D eigenvalue weighted by atomic mass is 16.5. The molecule has 2 aromatic carbocycles. The Hall–Kier alpha value is -3.45. The van der Waals surface area contributed by atoms with Crippen LogP contribution in [0.4, 0.5) is 0 Å². The van der Waals surface area contributed by atoms with Crippen molar-refractivity contribution in [1.82, 2.24) is 10.3 Å². The number of carbonyl (C=O) groups is 2. The molecule has 0 radical (unpaired) electrons. The zero-order valence-corrected chi connectivity index (χ0v) is 18.2. The molecule has 2 unspecified atom stereocenters. The number of fused-ring (bicyclic) bond motifs is 1. The van der Waals surface area contributed by atoms with Crippen LogP contribution < -0.4 is 10.1 Å². The molecule has 1 saturated heterocycles. The van der Waals surface area contributed by atoms with Gasteiger partial charge in [-0.1, -0.05) is 18.2 Å². The molecule has 7 heteroatoms. The molecule has 1 N–H and O–H groups in total. The van der Waals surface area contributed by atoms with Crippen LogP contribution in [0.15, 0.2) is 54.6 Å². The summed E-state index contributed by atoms with van der Waals surface area (Å²) in [5.41, 5.74) is 3.44. The summed E-state index contributed by atoms with van der Waals surface area (Å²) in [7, 11) is 1.34. The summed E-state index contributed by atoms with van der Waals surface area (Å²) in [6.07, 6.45) is 0.562. The SMILES string of the molecule is COC(=O)C1COCCC1NC(=O)c1ccc(OCc2cc(C)nc3ccccc23)cc1. The van der Waals surface area contributed by atoms with Gasteiger partial charge in [0.2, 0.25) is 0 Å². The molecule has 1 aliphatic heterocycles. The predicted octanol–water partition coefficient (Wildman–Crippen LogP) is 3.43. The van der Waals surface area contributed by atoms with Gasteiger partial charge >= 0.3 is 5.97 Å². The molecule has 166 valence electrons. The normalized spacial score (nSPS) is 18.2. The molecule has 3 aromatic rings. The van der Waals surface area contributed by atoms with Crippen molar-refractivity contribution in [2.24, 2.45) is 5.92 Å². The van der Waals surface area contributed by atoms with E-state index in [2.05, 4.69) is 10.3 Å². The average molecular weight is 434 g/mol. The first-order valence-corrected chi connectivity index (χ1v) is 10.6. The maximum atomic E-state index is 12.7. The molecule has 2 heterocycles. The predicted molar refractivity (Wildman–Crippen MR) is 119 cm³/mol. The summed E-state index contributed by atoms with van der Waals surface area (Å²) in [6.45, 7) is 3.10. The number of amides is 1. The van der Waals surface area contributed by atoms with Crippen LogP contribution in [-0.4, -0.2) is 43.2 Å². The first-order chi connectivity index (χ1) is 15.5. The van der Waals surface area contributed by atoms with E-state index < -0.39 is 5.92 Å². The Morgan fingerprint density at radius 3 is 2.72 bits per heavy atom. The number of hydrogen-bond acceptors (Lipinski definition) is 6. The molecule has 7 nitrogen and oxygen atoms in total. The minimum Gasteiger partial charge on any atom is -0.489 e. The number of nitrogens with zero attached hydrogens (tertiary/aromatic N) is 1. The van der Waals surface area contributed by atoms with Crippen molar-refractivity contribution in [3.05, 3.63) is 71.4 Å². The molecule has 32 heavy (non-hydrogen) atoms. The van der Waals surface area contributed by atoms with Crippen molar-refractivity contribution >= 4 is 22.8 Å². The molecule has 0 aliphatic carbocycles. The van der Waals surface area contributed by atoms with Gasteiger partial charge in [0.15, 0.2) is 0 Å². The minimum absolute atomic E-state index is 0.242. The second kappa shape index (κ2) is 9.78. The van der Waals surface area contributed by atoms with Crippen LogP contribution >= 0.6 is 0 Å². The molecule has 1 amide bonds. The number of rotatable bonds is 6. The second-order valence-corrected chi connectivity index (χ2v) is 7.83. The highest BCUT2D eigenvalue weighted by molar-refractivity contribution is 5.94. The van der Waals surface area contributed by atoms with Gasteiger partial charge in [0.25, 0.3) is 5.91 Å². The van der Waals surface area contributed by atoms with Crippen LogP contribution in [0.25, 0.3) is 10.9 Å². The van der Waals surface area contributed by atoms with Gasteiger partial charge in [-0.05, 0) is 49.7 Å². The number of pyridine rings is 1. The van der Waals surface area contributed by atoms with Crippen LogP contribution in [0.5, 0.6) is 5.75 Å². The van der Waals surface area contributed by atoms with E-state index in [0.29, 0.717) is 30.9 Å². The van der Waals surface area contributed by atoms with Crippen molar-refractivity contribution in [3.8, 4) is 5.75 Å². The van der Waals surface area contributed by atoms with Crippen LogP contribution in [0.3, 0.4) is 0 Å². The molecular weight excluding hydrogens is 408 g/mol. The van der Waals surface area contributed by atoms with Crippen LogP contribution in [-0.2, 0) is 20.9 Å². The Balaban J connectivity index is 1.40. The van der Waals surface area contributed by atoms with Gasteiger partial charge in [-0.25, -0.2) is 0 Å². The van der Waals surface area contributed by atoms with E-state index in [1.165, 1.54) is 7.11 Å². The van der Waals surface area contributed by atoms with Crippen molar-refractivity contribution in [2.75, 3.05) is 20.3 Å². The van der Waals surface area contributed by atoms with Gasteiger partial charge < -0.3 is 19.5 Å². The summed E-state index contributed by atoms with van der Waals surface area (Å²) >= 11 is 0. The lowest BCUT2D eigenvalue weighted by atomic mass is 9.95. The van der Waals surface area contributed by atoms with Crippen LogP contribution in [0.1, 0.15) is 28.0 Å². The van der Waals surface area contributed by atoms with Gasteiger partial charge in [0.1, 0.15) is 18.3 Å². The molecule has 1 aromatic heterocycles. The number of hydrogen-bond donors (Lipinski definition) is 1. The maximum absolute atomic E-state index is 12.7. The standard InChI is InChI=1S/C25H26N2O5/c1-16-13-18(20-5-3-4-6-22(20)26-16)14-32-19-9-7-17(8-10-19)24(28)27-23-11-12-31-15-21(23)25(29)30-2/h3-10,13,21,23H,11-12,14-15H2,1-2H3,(H,27,28). The first kappa shape index (κ1) is 21.8. The van der Waals surface area contributed by atoms with Crippen LogP contribution in [0.2, 0.25) is 0 Å². The lowest BCUT2D eigenvalue weighted by molar-refractivity contribution is -0.151. The number of nitrogens with one attached hydrogen (secondary N) is 1. The van der Waals surface area contributed by atoms with E-state index in [0.717, 1.165) is 22.2 Å². The fourth-order valence-electron chi connectivity index (χ4n) is 3.92. The first-order valence-electron chi connectivity index (χ1n) is 10.6. The third-order valence-electron chi connectivity index (χ3n) is 5.62. The number of benzene rings is 2. The number of aryl methyl sites for hydroxylation is 1. The molecule has 1 aliphatic rings. The number of aromatic nitrogens is 1. The smallest absolute Gasteiger partial charge is 0.313 e. The number of esters is 1.